The van der Waals surface area contributed by atoms with E-state index in [0.29, 0.717) is 18.9 Å². The zero-order valence-corrected chi connectivity index (χ0v) is 17.3. The van der Waals surface area contributed by atoms with Gasteiger partial charge in [0, 0.05) is 38.6 Å². The molecule has 0 aliphatic carbocycles. The van der Waals surface area contributed by atoms with Gasteiger partial charge < -0.3 is 15.0 Å². The maximum Gasteiger partial charge on any atom is 0.257 e. The fourth-order valence-corrected chi connectivity index (χ4v) is 3.96. The lowest BCUT2D eigenvalue weighted by atomic mass is 10.2. The van der Waals surface area contributed by atoms with Crippen molar-refractivity contribution in [1.82, 2.24) is 4.31 Å². The van der Waals surface area contributed by atoms with Gasteiger partial charge in [-0.1, -0.05) is 11.6 Å². The van der Waals surface area contributed by atoms with Crippen LogP contribution < -0.4 is 10.2 Å². The van der Waals surface area contributed by atoms with Crippen LogP contribution in [-0.4, -0.2) is 59.0 Å². The molecule has 1 heterocycles. The summed E-state index contributed by atoms with van der Waals surface area (Å²) in [6, 6.07) is 11.5. The van der Waals surface area contributed by atoms with Crippen LogP contribution in [0.4, 0.5) is 11.4 Å². The van der Waals surface area contributed by atoms with Gasteiger partial charge in [0.15, 0.2) is 0 Å². The summed E-state index contributed by atoms with van der Waals surface area (Å²) in [5, 5.41) is 2.94. The van der Waals surface area contributed by atoms with Crippen molar-refractivity contribution in [3.63, 3.8) is 0 Å². The SMILES string of the molecule is CN(C)S(=O)(=O)c1ccc(Cl)c(C(=O)Nc2ccc(N3CCOCC3)cc2)c1. The first-order chi connectivity index (χ1) is 13.3. The van der Waals surface area contributed by atoms with E-state index < -0.39 is 15.9 Å². The monoisotopic (exact) mass is 423 g/mol. The van der Waals surface area contributed by atoms with E-state index in [-0.39, 0.29) is 15.5 Å². The molecule has 28 heavy (non-hydrogen) atoms. The molecule has 1 fully saturated rings. The molecule has 0 radical (unpaired) electrons. The van der Waals surface area contributed by atoms with Gasteiger partial charge in [0.1, 0.15) is 0 Å². The van der Waals surface area contributed by atoms with Crippen LogP contribution in [0.1, 0.15) is 10.4 Å². The van der Waals surface area contributed by atoms with E-state index in [9.17, 15) is 13.2 Å². The summed E-state index contributed by atoms with van der Waals surface area (Å²) in [6.45, 7) is 3.05. The third kappa shape index (κ3) is 4.47. The van der Waals surface area contributed by atoms with Crippen molar-refractivity contribution >= 4 is 38.9 Å². The fraction of sp³-hybridized carbons (Fsp3) is 0.316. The highest BCUT2D eigenvalue weighted by atomic mass is 35.5. The Balaban J connectivity index is 1.77. The number of carbonyl (C=O) groups excluding carboxylic acids is 1. The standard InChI is InChI=1S/C19H22ClN3O4S/c1-22(2)28(25,26)16-7-8-18(20)17(13-16)19(24)21-14-3-5-15(6-4-14)23-9-11-27-12-10-23/h3-8,13H,9-12H2,1-2H3,(H,21,24). The normalized spacial score (nSPS) is 14.9. The number of halogens is 1. The molecule has 0 aromatic heterocycles. The Kier molecular flexibility index (Phi) is 6.24. The molecule has 3 rings (SSSR count). The molecule has 0 spiro atoms. The minimum atomic E-state index is -3.66. The minimum absolute atomic E-state index is 0.00900. The van der Waals surface area contributed by atoms with E-state index in [0.717, 1.165) is 23.1 Å². The lowest BCUT2D eigenvalue weighted by Crippen LogP contribution is -2.36. The van der Waals surface area contributed by atoms with Crippen molar-refractivity contribution in [2.24, 2.45) is 0 Å². The molecular formula is C19H22ClN3O4S. The zero-order valence-electron chi connectivity index (χ0n) is 15.7. The summed E-state index contributed by atoms with van der Waals surface area (Å²) >= 11 is 6.13. The number of anilines is 2. The van der Waals surface area contributed by atoms with Crippen LogP contribution in [0, 0.1) is 0 Å². The molecule has 9 heteroatoms. The molecule has 150 valence electrons. The van der Waals surface area contributed by atoms with Gasteiger partial charge in [-0.25, -0.2) is 12.7 Å². The highest BCUT2D eigenvalue weighted by molar-refractivity contribution is 7.89. The molecule has 2 aromatic carbocycles. The quantitative estimate of drug-likeness (QED) is 0.799. The van der Waals surface area contributed by atoms with E-state index >= 15 is 0 Å². The summed E-state index contributed by atoms with van der Waals surface area (Å²) in [7, 11) is -0.801. The molecule has 1 saturated heterocycles. The largest absolute Gasteiger partial charge is 0.378 e. The van der Waals surface area contributed by atoms with Crippen LogP contribution in [0.5, 0.6) is 0 Å². The molecule has 1 aliphatic rings. The van der Waals surface area contributed by atoms with E-state index in [4.69, 9.17) is 16.3 Å². The second kappa shape index (κ2) is 8.48. The van der Waals surface area contributed by atoms with Crippen LogP contribution >= 0.6 is 11.6 Å². The molecule has 2 aromatic rings. The van der Waals surface area contributed by atoms with E-state index in [2.05, 4.69) is 10.2 Å². The Hall–Kier alpha value is -2.13. The molecule has 1 aliphatic heterocycles. The number of ether oxygens (including phenoxy) is 1. The maximum absolute atomic E-state index is 12.6. The second-order valence-corrected chi connectivity index (χ2v) is 9.09. The Morgan fingerprint density at radius 2 is 1.75 bits per heavy atom. The zero-order chi connectivity index (χ0) is 20.3. The van der Waals surface area contributed by atoms with Crippen molar-refractivity contribution in [3.8, 4) is 0 Å². The van der Waals surface area contributed by atoms with Gasteiger partial charge in [0.25, 0.3) is 5.91 Å². The molecule has 0 bridgehead atoms. The molecular weight excluding hydrogens is 402 g/mol. The van der Waals surface area contributed by atoms with Gasteiger partial charge in [-0.3, -0.25) is 4.79 Å². The predicted octanol–water partition coefficient (Wildman–Crippen LogP) is 2.68. The van der Waals surface area contributed by atoms with Crippen molar-refractivity contribution in [2.45, 2.75) is 4.90 Å². The number of hydrogen-bond acceptors (Lipinski definition) is 5. The summed E-state index contributed by atoms with van der Waals surface area (Å²) in [4.78, 5) is 14.9. The molecule has 7 nitrogen and oxygen atoms in total. The molecule has 1 N–H and O–H groups in total. The maximum atomic E-state index is 12.6. The van der Waals surface area contributed by atoms with Gasteiger partial charge >= 0.3 is 0 Å². The number of amides is 1. The van der Waals surface area contributed by atoms with Crippen LogP contribution in [0.15, 0.2) is 47.4 Å². The minimum Gasteiger partial charge on any atom is -0.378 e. The van der Waals surface area contributed by atoms with Crippen LogP contribution in [0.25, 0.3) is 0 Å². The first-order valence-corrected chi connectivity index (χ1v) is 10.6. The van der Waals surface area contributed by atoms with E-state index in [1.165, 1.54) is 32.3 Å². The number of morpholine rings is 1. The van der Waals surface area contributed by atoms with Crippen LogP contribution in [0.3, 0.4) is 0 Å². The summed E-state index contributed by atoms with van der Waals surface area (Å²) in [5.41, 5.74) is 1.75. The predicted molar refractivity (Wildman–Crippen MR) is 110 cm³/mol. The third-order valence-electron chi connectivity index (χ3n) is 4.46. The van der Waals surface area contributed by atoms with E-state index in [1.807, 2.05) is 12.1 Å². The second-order valence-electron chi connectivity index (χ2n) is 6.53. The van der Waals surface area contributed by atoms with Crippen LogP contribution in [0.2, 0.25) is 5.02 Å². The number of nitrogens with zero attached hydrogens (tertiary/aromatic N) is 2. The van der Waals surface area contributed by atoms with Gasteiger partial charge in [0.2, 0.25) is 10.0 Å². The lowest BCUT2D eigenvalue weighted by molar-refractivity contribution is 0.102. The third-order valence-corrected chi connectivity index (χ3v) is 6.60. The Morgan fingerprint density at radius 1 is 1.11 bits per heavy atom. The number of nitrogens with one attached hydrogen (secondary N) is 1. The van der Waals surface area contributed by atoms with Crippen molar-refractivity contribution < 1.29 is 17.9 Å². The van der Waals surface area contributed by atoms with E-state index in [1.54, 1.807) is 12.1 Å². The molecule has 0 saturated carbocycles. The number of carbonyl (C=O) groups is 1. The number of benzene rings is 2. The summed E-state index contributed by atoms with van der Waals surface area (Å²) < 4.78 is 31.0. The molecule has 0 atom stereocenters. The highest BCUT2D eigenvalue weighted by Crippen LogP contribution is 2.24. The summed E-state index contributed by atoms with van der Waals surface area (Å²) in [6.07, 6.45) is 0. The number of sulfonamides is 1. The Bertz CT molecular complexity index is 956. The smallest absolute Gasteiger partial charge is 0.257 e. The van der Waals surface area contributed by atoms with Gasteiger partial charge in [0.05, 0.1) is 28.7 Å². The highest BCUT2D eigenvalue weighted by Gasteiger charge is 2.21. The Labute approximate surface area is 169 Å². The van der Waals surface area contributed by atoms with Gasteiger partial charge in [-0.2, -0.15) is 0 Å². The topological polar surface area (TPSA) is 79.0 Å². The van der Waals surface area contributed by atoms with Crippen LogP contribution in [-0.2, 0) is 14.8 Å². The fourth-order valence-electron chi connectivity index (χ4n) is 2.83. The average molecular weight is 424 g/mol. The first kappa shape index (κ1) is 20.6. The van der Waals surface area contributed by atoms with Crippen molar-refractivity contribution in [3.05, 3.63) is 53.1 Å². The summed E-state index contributed by atoms with van der Waals surface area (Å²) in [5.74, 6) is -0.472. The Morgan fingerprint density at radius 3 is 2.36 bits per heavy atom. The van der Waals surface area contributed by atoms with Crippen molar-refractivity contribution in [2.75, 3.05) is 50.6 Å². The van der Waals surface area contributed by atoms with Crippen molar-refractivity contribution in [1.29, 1.82) is 0 Å². The molecule has 1 amide bonds. The lowest BCUT2D eigenvalue weighted by Gasteiger charge is -2.28. The van der Waals surface area contributed by atoms with Gasteiger partial charge in [-0.05, 0) is 42.5 Å². The number of hydrogen-bond donors (Lipinski definition) is 1. The number of rotatable bonds is 5. The first-order valence-electron chi connectivity index (χ1n) is 8.75. The molecule has 0 unspecified atom stereocenters. The average Bonchev–Trinajstić information content (AvgIpc) is 2.69. The van der Waals surface area contributed by atoms with Gasteiger partial charge in [-0.15, -0.1) is 0 Å².